The zero-order valence-electron chi connectivity index (χ0n) is 14.4. The normalized spacial score (nSPS) is 28.1. The number of hydrogen-bond acceptors (Lipinski definition) is 6. The molecule has 1 amide bonds. The van der Waals surface area contributed by atoms with Crippen molar-refractivity contribution in [3.63, 3.8) is 0 Å². The van der Waals surface area contributed by atoms with Gasteiger partial charge in [0, 0.05) is 18.1 Å². The highest BCUT2D eigenvalue weighted by Crippen LogP contribution is 2.33. The summed E-state index contributed by atoms with van der Waals surface area (Å²) in [5.41, 5.74) is 2.70. The fourth-order valence-corrected chi connectivity index (χ4v) is 6.30. The Morgan fingerprint density at radius 1 is 1.27 bits per heavy atom. The lowest BCUT2D eigenvalue weighted by atomic mass is 9.95. The van der Waals surface area contributed by atoms with Crippen LogP contribution < -0.4 is 5.32 Å². The SMILES string of the molecule is N#C[C@@H]1CSCN1C(=O)[C@H]1NCSC1C(=O)CC1Cc2ccccc2C1. The van der Waals surface area contributed by atoms with Crippen LogP contribution in [-0.2, 0) is 22.4 Å². The summed E-state index contributed by atoms with van der Waals surface area (Å²) in [7, 11) is 0. The molecule has 3 atom stereocenters. The summed E-state index contributed by atoms with van der Waals surface area (Å²) < 4.78 is 0. The smallest absolute Gasteiger partial charge is 0.243 e. The molecule has 136 valence electrons. The van der Waals surface area contributed by atoms with E-state index in [0.717, 1.165) is 12.8 Å². The Labute approximate surface area is 161 Å². The lowest BCUT2D eigenvalue weighted by Crippen LogP contribution is -2.51. The predicted molar refractivity (Wildman–Crippen MR) is 104 cm³/mol. The molecule has 0 aromatic heterocycles. The molecule has 1 unspecified atom stereocenters. The van der Waals surface area contributed by atoms with Crippen LogP contribution in [0.25, 0.3) is 0 Å². The number of fused-ring (bicyclic) bond motifs is 1. The second-order valence-electron chi connectivity index (χ2n) is 7.08. The fourth-order valence-electron chi connectivity index (χ4n) is 4.07. The third kappa shape index (κ3) is 3.38. The molecule has 3 aliphatic rings. The largest absolute Gasteiger partial charge is 0.315 e. The maximum absolute atomic E-state index is 12.9. The molecule has 0 spiro atoms. The number of Topliss-reactive ketones (excluding diaryl/α,β-unsaturated/α-hetero) is 1. The van der Waals surface area contributed by atoms with Crippen molar-refractivity contribution in [3.8, 4) is 6.07 Å². The van der Waals surface area contributed by atoms with Crippen LogP contribution in [0, 0.1) is 17.2 Å². The van der Waals surface area contributed by atoms with Crippen LogP contribution in [0.4, 0.5) is 0 Å². The van der Waals surface area contributed by atoms with Crippen LogP contribution in [0.1, 0.15) is 17.5 Å². The maximum Gasteiger partial charge on any atom is 0.243 e. The van der Waals surface area contributed by atoms with E-state index in [9.17, 15) is 14.9 Å². The van der Waals surface area contributed by atoms with Gasteiger partial charge in [-0.25, -0.2) is 0 Å². The van der Waals surface area contributed by atoms with E-state index in [4.69, 9.17) is 0 Å². The van der Waals surface area contributed by atoms with Gasteiger partial charge in [0.1, 0.15) is 17.9 Å². The molecular formula is C19H21N3O2S2. The molecule has 4 rings (SSSR count). The maximum atomic E-state index is 12.9. The minimum absolute atomic E-state index is 0.0976. The third-order valence-electron chi connectivity index (χ3n) is 5.39. The van der Waals surface area contributed by atoms with Gasteiger partial charge in [0.25, 0.3) is 0 Å². The first-order valence-corrected chi connectivity index (χ1v) is 11.1. The quantitative estimate of drug-likeness (QED) is 0.850. The molecule has 1 aromatic carbocycles. The lowest BCUT2D eigenvalue weighted by molar-refractivity contribution is -0.134. The van der Waals surface area contributed by atoms with Gasteiger partial charge in [-0.15, -0.1) is 23.5 Å². The second kappa shape index (κ2) is 7.63. The number of nitrogens with zero attached hydrogens (tertiary/aromatic N) is 2. The Hall–Kier alpha value is -1.49. The first kappa shape index (κ1) is 17.9. The van der Waals surface area contributed by atoms with E-state index in [1.807, 2.05) is 12.1 Å². The Balaban J connectivity index is 1.40. The minimum atomic E-state index is -0.495. The van der Waals surface area contributed by atoms with E-state index in [2.05, 4.69) is 23.5 Å². The van der Waals surface area contributed by atoms with Crippen molar-refractivity contribution < 1.29 is 9.59 Å². The van der Waals surface area contributed by atoms with Gasteiger partial charge in [-0.2, -0.15) is 5.26 Å². The molecular weight excluding hydrogens is 366 g/mol. The van der Waals surface area contributed by atoms with Crippen molar-refractivity contribution in [1.29, 1.82) is 5.26 Å². The summed E-state index contributed by atoms with van der Waals surface area (Å²) in [6, 6.07) is 9.71. The van der Waals surface area contributed by atoms with Crippen molar-refractivity contribution >= 4 is 35.2 Å². The van der Waals surface area contributed by atoms with Crippen LogP contribution in [0.3, 0.4) is 0 Å². The van der Waals surface area contributed by atoms with Gasteiger partial charge in [0.15, 0.2) is 0 Å². The molecule has 2 heterocycles. The Morgan fingerprint density at radius 3 is 2.69 bits per heavy atom. The highest BCUT2D eigenvalue weighted by atomic mass is 32.2. The summed E-state index contributed by atoms with van der Waals surface area (Å²) in [5.74, 6) is 2.21. The number of ketones is 1. The molecule has 2 fully saturated rings. The number of nitrogens with one attached hydrogen (secondary N) is 1. The van der Waals surface area contributed by atoms with Gasteiger partial charge in [0.2, 0.25) is 5.91 Å². The molecule has 7 heteroatoms. The molecule has 2 saturated heterocycles. The molecule has 5 nitrogen and oxygen atoms in total. The second-order valence-corrected chi connectivity index (χ2v) is 9.21. The number of carbonyl (C=O) groups excluding carboxylic acids is 2. The van der Waals surface area contributed by atoms with E-state index >= 15 is 0 Å². The molecule has 0 saturated carbocycles. The summed E-state index contributed by atoms with van der Waals surface area (Å²) in [4.78, 5) is 27.4. The number of hydrogen-bond donors (Lipinski definition) is 1. The third-order valence-corrected chi connectivity index (χ3v) is 7.63. The summed E-state index contributed by atoms with van der Waals surface area (Å²) in [5, 5.41) is 12.1. The summed E-state index contributed by atoms with van der Waals surface area (Å²) in [6.45, 7) is 0. The highest BCUT2D eigenvalue weighted by Gasteiger charge is 2.43. The zero-order valence-corrected chi connectivity index (χ0v) is 16.0. The van der Waals surface area contributed by atoms with Gasteiger partial charge < -0.3 is 4.90 Å². The molecule has 1 aliphatic carbocycles. The molecule has 0 bridgehead atoms. The standard InChI is InChI=1S/C19H21N3O2S2/c20-8-15-9-25-11-22(15)19(24)17-18(26-10-21-17)16(23)7-12-5-13-3-1-2-4-14(13)6-12/h1-4,12,15,17-18,21H,5-7,9-11H2/t15-,17+,18?/m1/s1. The molecule has 26 heavy (non-hydrogen) atoms. The van der Waals surface area contributed by atoms with Crippen LogP contribution in [0.5, 0.6) is 0 Å². The van der Waals surface area contributed by atoms with Gasteiger partial charge in [-0.1, -0.05) is 24.3 Å². The first-order chi connectivity index (χ1) is 12.7. The van der Waals surface area contributed by atoms with E-state index in [-0.39, 0.29) is 23.0 Å². The molecule has 0 radical (unpaired) electrons. The van der Waals surface area contributed by atoms with Crippen molar-refractivity contribution in [3.05, 3.63) is 35.4 Å². The van der Waals surface area contributed by atoms with Crippen LogP contribution in [0.15, 0.2) is 24.3 Å². The van der Waals surface area contributed by atoms with E-state index in [1.165, 1.54) is 22.9 Å². The number of thioether (sulfide) groups is 2. The lowest BCUT2D eigenvalue weighted by Gasteiger charge is -2.25. The Kier molecular flexibility index (Phi) is 5.25. The first-order valence-electron chi connectivity index (χ1n) is 8.89. The average Bonchev–Trinajstić information content (AvgIpc) is 3.38. The van der Waals surface area contributed by atoms with Crippen molar-refractivity contribution in [1.82, 2.24) is 10.2 Å². The number of carbonyl (C=O) groups is 2. The van der Waals surface area contributed by atoms with Crippen LogP contribution in [0.2, 0.25) is 0 Å². The monoisotopic (exact) mass is 387 g/mol. The van der Waals surface area contributed by atoms with Gasteiger partial charge in [0.05, 0.1) is 17.2 Å². The van der Waals surface area contributed by atoms with E-state index in [1.54, 1.807) is 16.7 Å². The van der Waals surface area contributed by atoms with Crippen molar-refractivity contribution in [2.75, 3.05) is 17.5 Å². The molecule has 1 N–H and O–H groups in total. The molecule has 1 aromatic rings. The number of nitriles is 1. The fraction of sp³-hybridized carbons (Fsp3) is 0.526. The topological polar surface area (TPSA) is 73.2 Å². The number of rotatable bonds is 4. The van der Waals surface area contributed by atoms with E-state index < -0.39 is 6.04 Å². The van der Waals surface area contributed by atoms with Gasteiger partial charge >= 0.3 is 0 Å². The predicted octanol–water partition coefficient (Wildman–Crippen LogP) is 1.82. The Bertz CT molecular complexity index is 738. The molecule has 2 aliphatic heterocycles. The van der Waals surface area contributed by atoms with Crippen molar-refractivity contribution in [2.24, 2.45) is 5.92 Å². The van der Waals surface area contributed by atoms with Crippen molar-refractivity contribution in [2.45, 2.75) is 36.6 Å². The van der Waals surface area contributed by atoms with Crippen LogP contribution in [-0.4, -0.2) is 51.4 Å². The van der Waals surface area contributed by atoms with Gasteiger partial charge in [-0.05, 0) is 29.9 Å². The number of amides is 1. The van der Waals surface area contributed by atoms with Gasteiger partial charge in [-0.3, -0.25) is 14.9 Å². The summed E-state index contributed by atoms with van der Waals surface area (Å²) >= 11 is 3.12. The zero-order chi connectivity index (χ0) is 18.1. The highest BCUT2D eigenvalue weighted by molar-refractivity contribution is 8.01. The summed E-state index contributed by atoms with van der Waals surface area (Å²) in [6.07, 6.45) is 2.42. The average molecular weight is 388 g/mol. The van der Waals surface area contributed by atoms with Crippen LogP contribution >= 0.6 is 23.5 Å². The van der Waals surface area contributed by atoms with E-state index in [0.29, 0.717) is 29.8 Å². The number of benzene rings is 1. The Morgan fingerprint density at radius 2 is 2.00 bits per heavy atom. The minimum Gasteiger partial charge on any atom is -0.315 e.